The first-order valence-corrected chi connectivity index (χ1v) is 7.13. The molecule has 0 radical (unpaired) electrons. The molecule has 1 aromatic rings. The Kier molecular flexibility index (Phi) is 6.92. The second-order valence-electron chi connectivity index (χ2n) is 3.43. The van der Waals surface area contributed by atoms with E-state index < -0.39 is 0 Å². The zero-order chi connectivity index (χ0) is 11.8. The van der Waals surface area contributed by atoms with Crippen molar-refractivity contribution in [3.8, 4) is 5.75 Å². The van der Waals surface area contributed by atoms with Crippen molar-refractivity contribution < 1.29 is 9.84 Å². The molecule has 0 amide bonds. The van der Waals surface area contributed by atoms with Gasteiger partial charge in [0.2, 0.25) is 0 Å². The van der Waals surface area contributed by atoms with E-state index in [0.29, 0.717) is 6.61 Å². The van der Waals surface area contributed by atoms with Gasteiger partial charge in [-0.15, -0.1) is 11.8 Å². The maximum absolute atomic E-state index is 8.67. The van der Waals surface area contributed by atoms with Crippen LogP contribution >= 0.6 is 27.7 Å². The number of ether oxygens (including phenoxy) is 1. The third kappa shape index (κ3) is 4.76. The molecule has 0 saturated carbocycles. The smallest absolute Gasteiger partial charge is 0.132 e. The van der Waals surface area contributed by atoms with Gasteiger partial charge >= 0.3 is 0 Å². The van der Waals surface area contributed by atoms with Gasteiger partial charge in [0.25, 0.3) is 0 Å². The molecule has 0 aliphatic carbocycles. The van der Waals surface area contributed by atoms with Crippen molar-refractivity contribution in [2.75, 3.05) is 19.5 Å². The molecule has 0 aliphatic rings. The van der Waals surface area contributed by atoms with E-state index in [1.54, 1.807) is 18.9 Å². The van der Waals surface area contributed by atoms with Crippen LogP contribution in [0.5, 0.6) is 5.75 Å². The summed E-state index contributed by atoms with van der Waals surface area (Å²) in [7, 11) is 1.69. The lowest BCUT2D eigenvalue weighted by Gasteiger charge is -2.08. The fourth-order valence-corrected chi connectivity index (χ4v) is 2.92. The predicted molar refractivity (Wildman–Crippen MR) is 72.4 cm³/mol. The molecule has 0 unspecified atom stereocenters. The van der Waals surface area contributed by atoms with Crippen molar-refractivity contribution in [1.82, 2.24) is 0 Å². The third-order valence-electron chi connectivity index (χ3n) is 2.19. The van der Waals surface area contributed by atoms with E-state index in [2.05, 4.69) is 22.0 Å². The van der Waals surface area contributed by atoms with Crippen LogP contribution in [0.2, 0.25) is 0 Å². The van der Waals surface area contributed by atoms with Crippen molar-refractivity contribution in [2.24, 2.45) is 0 Å². The van der Waals surface area contributed by atoms with Crippen molar-refractivity contribution in [1.29, 1.82) is 0 Å². The monoisotopic (exact) mass is 304 g/mol. The van der Waals surface area contributed by atoms with Crippen molar-refractivity contribution in [3.05, 3.63) is 22.7 Å². The van der Waals surface area contributed by atoms with Gasteiger partial charge in [0.1, 0.15) is 5.75 Å². The lowest BCUT2D eigenvalue weighted by Crippen LogP contribution is -1.89. The second-order valence-corrected chi connectivity index (χ2v) is 5.48. The number of halogens is 1. The average molecular weight is 305 g/mol. The minimum Gasteiger partial charge on any atom is -0.496 e. The minimum absolute atomic E-state index is 0.297. The summed E-state index contributed by atoms with van der Waals surface area (Å²) in [6.07, 6.45) is 3.11. The molecule has 1 N–H and O–H groups in total. The summed E-state index contributed by atoms with van der Waals surface area (Å²) in [5, 5.41) is 8.67. The SMILES string of the molecule is COc1ccc(Br)cc1SCCCCCO. The van der Waals surface area contributed by atoms with Gasteiger partial charge in [-0.3, -0.25) is 0 Å². The molecule has 1 aromatic carbocycles. The number of rotatable bonds is 7. The molecule has 0 atom stereocenters. The van der Waals surface area contributed by atoms with Crippen LogP contribution < -0.4 is 4.74 Å². The molecule has 90 valence electrons. The molecule has 0 aromatic heterocycles. The van der Waals surface area contributed by atoms with Crippen LogP contribution in [0.1, 0.15) is 19.3 Å². The highest BCUT2D eigenvalue weighted by molar-refractivity contribution is 9.10. The van der Waals surface area contributed by atoms with Gasteiger partial charge in [0, 0.05) is 11.1 Å². The molecule has 0 fully saturated rings. The van der Waals surface area contributed by atoms with E-state index in [1.807, 2.05) is 12.1 Å². The van der Waals surface area contributed by atoms with Gasteiger partial charge in [-0.05, 0) is 36.8 Å². The minimum atomic E-state index is 0.297. The average Bonchev–Trinajstić information content (AvgIpc) is 2.29. The normalized spacial score (nSPS) is 10.4. The molecule has 2 nitrogen and oxygen atoms in total. The first-order valence-electron chi connectivity index (χ1n) is 5.35. The maximum atomic E-state index is 8.67. The van der Waals surface area contributed by atoms with E-state index in [-0.39, 0.29) is 0 Å². The van der Waals surface area contributed by atoms with Gasteiger partial charge in [-0.1, -0.05) is 22.4 Å². The van der Waals surface area contributed by atoms with Gasteiger partial charge in [-0.25, -0.2) is 0 Å². The highest BCUT2D eigenvalue weighted by atomic mass is 79.9. The summed E-state index contributed by atoms with van der Waals surface area (Å²) in [5.41, 5.74) is 0. The van der Waals surface area contributed by atoms with Crippen LogP contribution in [0, 0.1) is 0 Å². The lowest BCUT2D eigenvalue weighted by molar-refractivity contribution is 0.284. The van der Waals surface area contributed by atoms with Gasteiger partial charge in [0.05, 0.1) is 12.0 Å². The van der Waals surface area contributed by atoms with Crippen LogP contribution in [0.25, 0.3) is 0 Å². The molecule has 0 spiro atoms. The predicted octanol–water partition coefficient (Wildman–Crippen LogP) is 3.71. The van der Waals surface area contributed by atoms with Crippen LogP contribution in [0.15, 0.2) is 27.6 Å². The maximum Gasteiger partial charge on any atom is 0.132 e. The Morgan fingerprint density at radius 3 is 2.81 bits per heavy atom. The Hall–Kier alpha value is -0.190. The highest BCUT2D eigenvalue weighted by Gasteiger charge is 2.03. The van der Waals surface area contributed by atoms with E-state index in [4.69, 9.17) is 9.84 Å². The zero-order valence-electron chi connectivity index (χ0n) is 9.41. The number of aliphatic hydroxyl groups excluding tert-OH is 1. The van der Waals surface area contributed by atoms with Crippen molar-refractivity contribution in [3.63, 3.8) is 0 Å². The number of methoxy groups -OCH3 is 1. The number of thioether (sulfide) groups is 1. The Labute approximate surface area is 110 Å². The lowest BCUT2D eigenvalue weighted by atomic mass is 10.3. The summed E-state index contributed by atoms with van der Waals surface area (Å²) in [5.74, 6) is 1.99. The van der Waals surface area contributed by atoms with Crippen molar-refractivity contribution >= 4 is 27.7 Å². The Morgan fingerprint density at radius 2 is 2.12 bits per heavy atom. The zero-order valence-corrected chi connectivity index (χ0v) is 11.8. The molecule has 0 saturated heterocycles. The van der Waals surface area contributed by atoms with Gasteiger partial charge in [-0.2, -0.15) is 0 Å². The second kappa shape index (κ2) is 7.98. The molecule has 4 heteroatoms. The fourth-order valence-electron chi connectivity index (χ4n) is 1.34. The molecule has 1 rings (SSSR count). The summed E-state index contributed by atoms with van der Waals surface area (Å²) in [6.45, 7) is 0.297. The summed E-state index contributed by atoms with van der Waals surface area (Å²) in [4.78, 5) is 1.17. The number of hydrogen-bond donors (Lipinski definition) is 1. The van der Waals surface area contributed by atoms with Gasteiger partial charge < -0.3 is 9.84 Å². The van der Waals surface area contributed by atoms with Crippen LogP contribution in [-0.4, -0.2) is 24.6 Å². The number of hydrogen-bond acceptors (Lipinski definition) is 3. The molecular formula is C12H17BrO2S. The quantitative estimate of drug-likeness (QED) is 0.615. The molecule has 16 heavy (non-hydrogen) atoms. The topological polar surface area (TPSA) is 29.5 Å². The van der Waals surface area contributed by atoms with E-state index in [1.165, 1.54) is 4.90 Å². The Morgan fingerprint density at radius 1 is 1.31 bits per heavy atom. The first-order chi connectivity index (χ1) is 7.77. The van der Waals surface area contributed by atoms with Crippen molar-refractivity contribution in [2.45, 2.75) is 24.2 Å². The molecule has 0 aliphatic heterocycles. The van der Waals surface area contributed by atoms with Crippen LogP contribution in [0.4, 0.5) is 0 Å². The first kappa shape index (κ1) is 13.9. The van der Waals surface area contributed by atoms with E-state index in [0.717, 1.165) is 35.2 Å². The Bertz CT molecular complexity index is 318. The standard InChI is InChI=1S/C12H17BrO2S/c1-15-11-6-5-10(13)9-12(11)16-8-4-2-3-7-14/h5-6,9,14H,2-4,7-8H2,1H3. The van der Waals surface area contributed by atoms with Gasteiger partial charge in [0.15, 0.2) is 0 Å². The molecule has 0 heterocycles. The molecule has 0 bridgehead atoms. The number of benzene rings is 1. The number of unbranched alkanes of at least 4 members (excludes halogenated alkanes) is 2. The number of aliphatic hydroxyl groups is 1. The third-order valence-corrected chi connectivity index (χ3v) is 3.80. The molecular weight excluding hydrogens is 288 g/mol. The van der Waals surface area contributed by atoms with Crippen LogP contribution in [0.3, 0.4) is 0 Å². The Balaban J connectivity index is 2.42. The van der Waals surface area contributed by atoms with Crippen LogP contribution in [-0.2, 0) is 0 Å². The van der Waals surface area contributed by atoms with E-state index in [9.17, 15) is 0 Å². The summed E-state index contributed by atoms with van der Waals surface area (Å²) >= 11 is 5.26. The summed E-state index contributed by atoms with van der Waals surface area (Å²) in [6, 6.07) is 6.03. The summed E-state index contributed by atoms with van der Waals surface area (Å²) < 4.78 is 6.37. The highest BCUT2D eigenvalue weighted by Crippen LogP contribution is 2.32. The van der Waals surface area contributed by atoms with E-state index >= 15 is 0 Å². The fraction of sp³-hybridized carbons (Fsp3) is 0.500. The largest absolute Gasteiger partial charge is 0.496 e.